The quantitative estimate of drug-likeness (QED) is 0.234. The summed E-state index contributed by atoms with van der Waals surface area (Å²) in [6.07, 6.45) is -0.505. The van der Waals surface area contributed by atoms with Crippen LogP contribution in [-0.2, 0) is 18.9 Å². The predicted octanol–water partition coefficient (Wildman–Crippen LogP) is 0.739. The summed E-state index contributed by atoms with van der Waals surface area (Å²) in [4.78, 5) is 33.2. The number of nitro groups is 1. The standard InChI is InChI=1S/C18H27N3O9/c1-19-18(23)30-12-11-29-10-9-28-8-7-27-6-5-20-17(22)15-4-3-14(21(24)25)13-16(15)26-2/h3-4,13H,5-12H2,1-2H3,(H,19,23)(H,20,22). The monoisotopic (exact) mass is 429 g/mol. The highest BCUT2D eigenvalue weighted by Crippen LogP contribution is 2.24. The van der Waals surface area contributed by atoms with Gasteiger partial charge >= 0.3 is 6.09 Å². The van der Waals surface area contributed by atoms with Crippen molar-refractivity contribution in [1.29, 1.82) is 0 Å². The fraction of sp³-hybridized carbons (Fsp3) is 0.556. The Hall–Kier alpha value is -2.96. The van der Waals surface area contributed by atoms with E-state index in [0.29, 0.717) is 26.4 Å². The van der Waals surface area contributed by atoms with E-state index in [1.165, 1.54) is 32.4 Å². The average molecular weight is 429 g/mol. The second-order valence-corrected chi connectivity index (χ2v) is 5.62. The van der Waals surface area contributed by atoms with Crippen molar-refractivity contribution >= 4 is 17.7 Å². The van der Waals surface area contributed by atoms with Crippen molar-refractivity contribution in [2.24, 2.45) is 0 Å². The van der Waals surface area contributed by atoms with Gasteiger partial charge in [-0.15, -0.1) is 0 Å². The number of nitrogens with zero attached hydrogens (tertiary/aromatic N) is 1. The maximum atomic E-state index is 12.2. The molecule has 0 aliphatic carbocycles. The molecule has 1 aromatic carbocycles. The van der Waals surface area contributed by atoms with Gasteiger partial charge in [0.1, 0.15) is 12.4 Å². The van der Waals surface area contributed by atoms with E-state index < -0.39 is 16.9 Å². The van der Waals surface area contributed by atoms with Crippen LogP contribution in [0.5, 0.6) is 5.75 Å². The minimum Gasteiger partial charge on any atom is -0.496 e. The molecule has 168 valence electrons. The Labute approximate surface area is 173 Å². The van der Waals surface area contributed by atoms with Gasteiger partial charge in [-0.1, -0.05) is 0 Å². The minimum atomic E-state index is -0.561. The van der Waals surface area contributed by atoms with Crippen LogP contribution in [0.2, 0.25) is 0 Å². The molecule has 0 saturated carbocycles. The van der Waals surface area contributed by atoms with E-state index >= 15 is 0 Å². The lowest BCUT2D eigenvalue weighted by Gasteiger charge is -2.10. The number of hydrogen-bond donors (Lipinski definition) is 2. The molecular formula is C18H27N3O9. The predicted molar refractivity (Wildman–Crippen MR) is 105 cm³/mol. The number of non-ortho nitro benzene ring substituents is 1. The van der Waals surface area contributed by atoms with Gasteiger partial charge in [0.05, 0.1) is 63.3 Å². The first-order valence-electron chi connectivity index (χ1n) is 9.18. The van der Waals surface area contributed by atoms with Crippen LogP contribution in [0.25, 0.3) is 0 Å². The summed E-state index contributed by atoms with van der Waals surface area (Å²) in [6.45, 7) is 2.43. The highest BCUT2D eigenvalue weighted by molar-refractivity contribution is 5.97. The topological polar surface area (TPSA) is 147 Å². The molecule has 30 heavy (non-hydrogen) atoms. The first-order chi connectivity index (χ1) is 14.5. The molecule has 0 heterocycles. The molecule has 0 unspecified atom stereocenters. The SMILES string of the molecule is CNC(=O)OCCOCCOCCOCCNC(=O)c1ccc([N+](=O)[O-])cc1OC. The third-order valence-electron chi connectivity index (χ3n) is 3.58. The molecule has 0 atom stereocenters. The van der Waals surface area contributed by atoms with Gasteiger partial charge in [-0.3, -0.25) is 14.9 Å². The summed E-state index contributed by atoms with van der Waals surface area (Å²) in [6, 6.07) is 3.78. The van der Waals surface area contributed by atoms with E-state index in [1.54, 1.807) is 0 Å². The van der Waals surface area contributed by atoms with E-state index in [-0.39, 0.29) is 43.4 Å². The van der Waals surface area contributed by atoms with E-state index in [9.17, 15) is 19.7 Å². The summed E-state index contributed by atoms with van der Waals surface area (Å²) < 4.78 is 25.7. The van der Waals surface area contributed by atoms with Crippen molar-refractivity contribution in [2.75, 3.05) is 67.0 Å². The van der Waals surface area contributed by atoms with E-state index in [0.717, 1.165) is 0 Å². The fourth-order valence-electron chi connectivity index (χ4n) is 2.12. The number of carbonyl (C=O) groups is 2. The molecule has 1 rings (SSSR count). The number of alkyl carbamates (subject to hydrolysis) is 1. The Morgan fingerprint density at radius 3 is 2.17 bits per heavy atom. The van der Waals surface area contributed by atoms with Crippen LogP contribution in [0.3, 0.4) is 0 Å². The first kappa shape index (κ1) is 25.1. The lowest BCUT2D eigenvalue weighted by molar-refractivity contribution is -0.384. The second kappa shape index (κ2) is 15.0. The Kier molecular flexibility index (Phi) is 12.5. The van der Waals surface area contributed by atoms with Crippen LogP contribution < -0.4 is 15.4 Å². The smallest absolute Gasteiger partial charge is 0.406 e. The van der Waals surface area contributed by atoms with E-state index in [2.05, 4.69) is 10.6 Å². The molecule has 12 heteroatoms. The lowest BCUT2D eigenvalue weighted by atomic mass is 10.1. The number of benzene rings is 1. The van der Waals surface area contributed by atoms with Crippen LogP contribution >= 0.6 is 0 Å². The number of carbonyl (C=O) groups excluding carboxylic acids is 2. The lowest BCUT2D eigenvalue weighted by Crippen LogP contribution is -2.28. The maximum absolute atomic E-state index is 12.2. The molecule has 12 nitrogen and oxygen atoms in total. The minimum absolute atomic E-state index is 0.124. The molecule has 0 aliphatic heterocycles. The number of methoxy groups -OCH3 is 1. The Balaban J connectivity index is 2.06. The van der Waals surface area contributed by atoms with Crippen molar-refractivity contribution in [3.05, 3.63) is 33.9 Å². The molecule has 0 bridgehead atoms. The molecule has 2 N–H and O–H groups in total. The number of nitrogens with one attached hydrogen (secondary N) is 2. The molecule has 0 fully saturated rings. The zero-order chi connectivity index (χ0) is 22.2. The van der Waals surface area contributed by atoms with Crippen LogP contribution in [0.4, 0.5) is 10.5 Å². The highest BCUT2D eigenvalue weighted by atomic mass is 16.6. The number of hydrogen-bond acceptors (Lipinski definition) is 9. The van der Waals surface area contributed by atoms with Gasteiger partial charge in [0.25, 0.3) is 11.6 Å². The van der Waals surface area contributed by atoms with Gasteiger partial charge in [0.15, 0.2) is 0 Å². The van der Waals surface area contributed by atoms with Crippen LogP contribution in [0.1, 0.15) is 10.4 Å². The van der Waals surface area contributed by atoms with Gasteiger partial charge in [-0.2, -0.15) is 0 Å². The molecule has 0 radical (unpaired) electrons. The van der Waals surface area contributed by atoms with Crippen molar-refractivity contribution in [1.82, 2.24) is 10.6 Å². The van der Waals surface area contributed by atoms with Crippen LogP contribution in [0, 0.1) is 10.1 Å². The number of ether oxygens (including phenoxy) is 5. The van der Waals surface area contributed by atoms with Crippen molar-refractivity contribution in [3.63, 3.8) is 0 Å². The largest absolute Gasteiger partial charge is 0.496 e. The number of nitro benzene ring substituents is 1. The Morgan fingerprint density at radius 1 is 1.00 bits per heavy atom. The third kappa shape index (κ3) is 10.0. The normalized spacial score (nSPS) is 10.3. The summed E-state index contributed by atoms with van der Waals surface area (Å²) in [5.74, 6) is -0.294. The van der Waals surface area contributed by atoms with Gasteiger partial charge in [-0.25, -0.2) is 4.79 Å². The molecule has 0 spiro atoms. The van der Waals surface area contributed by atoms with Gasteiger partial charge in [0, 0.05) is 19.7 Å². The Bertz CT molecular complexity index is 685. The van der Waals surface area contributed by atoms with Crippen molar-refractivity contribution in [2.45, 2.75) is 0 Å². The molecule has 1 aromatic rings. The maximum Gasteiger partial charge on any atom is 0.406 e. The molecule has 2 amide bonds. The summed E-state index contributed by atoms with van der Waals surface area (Å²) >= 11 is 0. The van der Waals surface area contributed by atoms with Crippen molar-refractivity contribution in [3.8, 4) is 5.75 Å². The van der Waals surface area contributed by atoms with Gasteiger partial charge in [-0.05, 0) is 6.07 Å². The van der Waals surface area contributed by atoms with Crippen LogP contribution in [0.15, 0.2) is 18.2 Å². The zero-order valence-electron chi connectivity index (χ0n) is 17.0. The zero-order valence-corrected chi connectivity index (χ0v) is 17.0. The Morgan fingerprint density at radius 2 is 1.60 bits per heavy atom. The van der Waals surface area contributed by atoms with Gasteiger partial charge < -0.3 is 34.3 Å². The second-order valence-electron chi connectivity index (χ2n) is 5.62. The molecular weight excluding hydrogens is 402 g/mol. The number of amides is 2. The van der Waals surface area contributed by atoms with Gasteiger partial charge in [0.2, 0.25) is 0 Å². The van der Waals surface area contributed by atoms with Crippen LogP contribution in [-0.4, -0.2) is 83.9 Å². The summed E-state index contributed by atoms with van der Waals surface area (Å²) in [7, 11) is 2.81. The number of rotatable bonds is 15. The first-order valence-corrected chi connectivity index (χ1v) is 9.18. The third-order valence-corrected chi connectivity index (χ3v) is 3.58. The summed E-state index contributed by atoms with van der Waals surface area (Å²) in [5, 5.41) is 15.8. The molecule has 0 saturated heterocycles. The molecule has 0 aromatic heterocycles. The summed E-state index contributed by atoms with van der Waals surface area (Å²) in [5.41, 5.74) is 0.0431. The van der Waals surface area contributed by atoms with E-state index in [1.807, 2.05) is 0 Å². The molecule has 0 aliphatic rings. The van der Waals surface area contributed by atoms with E-state index in [4.69, 9.17) is 23.7 Å². The highest BCUT2D eigenvalue weighted by Gasteiger charge is 2.16. The van der Waals surface area contributed by atoms with Crippen molar-refractivity contribution < 1.29 is 38.2 Å². The fourth-order valence-corrected chi connectivity index (χ4v) is 2.12. The average Bonchev–Trinajstić information content (AvgIpc) is 2.75.